The van der Waals surface area contributed by atoms with Crippen LogP contribution < -0.4 is 10.2 Å². The molecule has 1 aromatic rings. The second-order valence-electron chi connectivity index (χ2n) is 7.37. The van der Waals surface area contributed by atoms with Crippen molar-refractivity contribution in [3.63, 3.8) is 0 Å². The Morgan fingerprint density at radius 3 is 2.76 bits per heavy atom. The van der Waals surface area contributed by atoms with Crippen molar-refractivity contribution in [1.29, 1.82) is 0 Å². The highest BCUT2D eigenvalue weighted by atomic mass is 127. The van der Waals surface area contributed by atoms with Gasteiger partial charge in [-0.2, -0.15) is 0 Å². The summed E-state index contributed by atoms with van der Waals surface area (Å²) in [7, 11) is 0. The molecule has 0 radical (unpaired) electrons. The average Bonchev–Trinajstić information content (AvgIpc) is 2.90. The molecule has 1 N–H and O–H groups in total. The fraction of sp³-hybridized carbons (Fsp3) is 0.556. The number of benzene rings is 1. The van der Waals surface area contributed by atoms with Crippen LogP contribution in [0.15, 0.2) is 18.2 Å². The van der Waals surface area contributed by atoms with Gasteiger partial charge in [-0.15, -0.1) is 0 Å². The fourth-order valence-corrected chi connectivity index (χ4v) is 5.17. The number of halogens is 1. The highest BCUT2D eigenvalue weighted by Crippen LogP contribution is 2.36. The van der Waals surface area contributed by atoms with E-state index in [-0.39, 0.29) is 12.3 Å². The Labute approximate surface area is 160 Å². The second kappa shape index (κ2) is 6.51. The van der Waals surface area contributed by atoms with E-state index >= 15 is 0 Å². The largest absolute Gasteiger partial charge is 0.632 e. The highest BCUT2D eigenvalue weighted by molar-refractivity contribution is 14.1. The van der Waals surface area contributed by atoms with E-state index in [0.717, 1.165) is 24.2 Å². The van der Waals surface area contributed by atoms with Crippen molar-refractivity contribution >= 4 is 40.1 Å². The molecule has 2 amide bonds. The molecule has 0 aromatic heterocycles. The van der Waals surface area contributed by atoms with Crippen LogP contribution in [0.1, 0.15) is 36.8 Å². The van der Waals surface area contributed by atoms with Gasteiger partial charge in [-0.1, -0.05) is 28.7 Å². The van der Waals surface area contributed by atoms with Crippen LogP contribution in [-0.4, -0.2) is 39.5 Å². The van der Waals surface area contributed by atoms with E-state index in [2.05, 4.69) is 44.9 Å². The van der Waals surface area contributed by atoms with Crippen molar-refractivity contribution < 1.29 is 14.2 Å². The number of nitrogens with zero attached hydrogens (tertiary/aromatic N) is 2. The summed E-state index contributed by atoms with van der Waals surface area (Å²) >= 11 is 2.51. The molecule has 0 aliphatic carbocycles. The number of piperidine rings is 2. The van der Waals surface area contributed by atoms with Gasteiger partial charge in [-0.05, 0) is 25.0 Å². The molecular weight excluding hydrogens is 433 g/mol. The molecule has 7 heteroatoms. The van der Waals surface area contributed by atoms with Crippen molar-refractivity contribution in [3.8, 4) is 0 Å². The van der Waals surface area contributed by atoms with E-state index in [1.165, 1.54) is 18.5 Å². The van der Waals surface area contributed by atoms with Gasteiger partial charge < -0.3 is 14.8 Å². The number of carbonyl (C=O) groups is 2. The van der Waals surface area contributed by atoms with Crippen LogP contribution >= 0.6 is 22.6 Å². The van der Waals surface area contributed by atoms with Crippen LogP contribution in [0.3, 0.4) is 0 Å². The number of carbonyl (C=O) groups excluding carboxylic acids is 2. The van der Waals surface area contributed by atoms with Gasteiger partial charge in [-0.25, -0.2) is 0 Å². The van der Waals surface area contributed by atoms with Crippen LogP contribution in [0.5, 0.6) is 0 Å². The zero-order chi connectivity index (χ0) is 17.6. The number of fused-ring (bicyclic) bond motifs is 1. The maximum Gasteiger partial charge on any atom is 0.285 e. The number of hydrogen-bond acceptors (Lipinski definition) is 4. The van der Waals surface area contributed by atoms with Gasteiger partial charge in [0.2, 0.25) is 5.91 Å². The molecule has 3 unspecified atom stereocenters. The fourth-order valence-electron chi connectivity index (χ4n) is 4.25. The van der Waals surface area contributed by atoms with Gasteiger partial charge in [0.05, 0.1) is 0 Å². The summed E-state index contributed by atoms with van der Waals surface area (Å²) in [6.07, 6.45) is 3.06. The lowest BCUT2D eigenvalue weighted by Crippen LogP contribution is -2.58. The first-order valence-corrected chi connectivity index (χ1v) is 10.1. The molecule has 1 aromatic carbocycles. The zero-order valence-corrected chi connectivity index (χ0v) is 16.2. The summed E-state index contributed by atoms with van der Waals surface area (Å²) in [5.41, 5.74) is 3.26. The van der Waals surface area contributed by atoms with E-state index in [0.29, 0.717) is 23.4 Å². The van der Waals surface area contributed by atoms with Crippen molar-refractivity contribution in [2.75, 3.05) is 18.0 Å². The lowest BCUT2D eigenvalue weighted by Gasteiger charge is -2.45. The minimum absolute atomic E-state index is 0.255. The third-order valence-corrected chi connectivity index (χ3v) is 6.59. The number of nitrogens with one attached hydrogen (secondary N) is 1. The number of quaternary nitrogens is 1. The molecule has 3 heterocycles. The third-order valence-electron chi connectivity index (χ3n) is 5.57. The summed E-state index contributed by atoms with van der Waals surface area (Å²) in [5.74, 6) is -0.687. The molecule has 0 bridgehead atoms. The van der Waals surface area contributed by atoms with Gasteiger partial charge >= 0.3 is 0 Å². The quantitative estimate of drug-likeness (QED) is 0.244. The summed E-state index contributed by atoms with van der Waals surface area (Å²) in [4.78, 5) is 25.9. The number of hydroxylamine groups is 3. The molecular formula is C18H22IN3O3. The Morgan fingerprint density at radius 1 is 1.20 bits per heavy atom. The SMILES string of the molecule is O=C1CCC([N+]2([O-])Cc3ccc(N4CCCC(I)C4)cc3C2)C(=O)N1. The van der Waals surface area contributed by atoms with E-state index < -0.39 is 16.6 Å². The minimum Gasteiger partial charge on any atom is -0.632 e. The first kappa shape index (κ1) is 17.2. The number of imide groups is 1. The summed E-state index contributed by atoms with van der Waals surface area (Å²) in [5, 5.41) is 15.6. The van der Waals surface area contributed by atoms with Crippen molar-refractivity contribution in [1.82, 2.24) is 5.32 Å². The summed E-state index contributed by atoms with van der Waals surface area (Å²) in [6.45, 7) is 2.74. The smallest absolute Gasteiger partial charge is 0.285 e. The Balaban J connectivity index is 1.54. The maximum atomic E-state index is 13.3. The molecule has 2 saturated heterocycles. The summed E-state index contributed by atoms with van der Waals surface area (Å²) < 4.78 is 0.102. The molecule has 2 fully saturated rings. The second-order valence-corrected chi connectivity index (χ2v) is 9.14. The normalized spacial score (nSPS) is 32.5. The number of alkyl halides is 1. The van der Waals surface area contributed by atoms with E-state index in [1.54, 1.807) is 0 Å². The number of hydrogen-bond donors (Lipinski definition) is 1. The van der Waals surface area contributed by atoms with E-state index in [9.17, 15) is 14.8 Å². The van der Waals surface area contributed by atoms with Crippen LogP contribution in [0.4, 0.5) is 5.69 Å². The monoisotopic (exact) mass is 455 g/mol. The third kappa shape index (κ3) is 3.29. The molecule has 3 aliphatic heterocycles. The van der Waals surface area contributed by atoms with Crippen LogP contribution in [0, 0.1) is 5.21 Å². The minimum atomic E-state index is -0.678. The Hall–Kier alpha value is -1.19. The topological polar surface area (TPSA) is 72.5 Å². The predicted molar refractivity (Wildman–Crippen MR) is 103 cm³/mol. The predicted octanol–water partition coefficient (Wildman–Crippen LogP) is 2.22. The number of rotatable bonds is 2. The van der Waals surface area contributed by atoms with Gasteiger partial charge in [-0.3, -0.25) is 14.9 Å². The van der Waals surface area contributed by atoms with E-state index in [4.69, 9.17) is 0 Å². The molecule has 25 heavy (non-hydrogen) atoms. The van der Waals surface area contributed by atoms with Gasteiger partial charge in [0.1, 0.15) is 13.1 Å². The van der Waals surface area contributed by atoms with Crippen molar-refractivity contribution in [3.05, 3.63) is 34.5 Å². The Bertz CT molecular complexity index is 726. The highest BCUT2D eigenvalue weighted by Gasteiger charge is 2.43. The molecule has 134 valence electrons. The van der Waals surface area contributed by atoms with E-state index in [1.807, 2.05) is 6.07 Å². The lowest BCUT2D eigenvalue weighted by atomic mass is 10.0. The molecule has 6 nitrogen and oxygen atoms in total. The molecule has 0 saturated carbocycles. The van der Waals surface area contributed by atoms with Crippen molar-refractivity contribution in [2.45, 2.75) is 48.7 Å². The van der Waals surface area contributed by atoms with Crippen LogP contribution in [0.2, 0.25) is 0 Å². The molecule has 0 spiro atoms. The van der Waals surface area contributed by atoms with Gasteiger partial charge in [0.25, 0.3) is 5.91 Å². The molecule has 3 atom stereocenters. The van der Waals surface area contributed by atoms with Crippen LogP contribution in [0.25, 0.3) is 0 Å². The number of amides is 2. The first-order valence-electron chi connectivity index (χ1n) is 8.87. The van der Waals surface area contributed by atoms with Gasteiger partial charge in [0.15, 0.2) is 6.04 Å². The Morgan fingerprint density at radius 2 is 2.00 bits per heavy atom. The maximum absolute atomic E-state index is 13.3. The van der Waals surface area contributed by atoms with Crippen LogP contribution in [-0.2, 0) is 22.7 Å². The summed E-state index contributed by atoms with van der Waals surface area (Å²) in [6, 6.07) is 5.61. The average molecular weight is 455 g/mol. The van der Waals surface area contributed by atoms with Crippen molar-refractivity contribution in [2.24, 2.45) is 0 Å². The lowest BCUT2D eigenvalue weighted by molar-refractivity contribution is -0.916. The molecule has 4 rings (SSSR count). The Kier molecular flexibility index (Phi) is 4.49. The molecule has 3 aliphatic rings. The standard InChI is InChI=1S/C18H22IN3O3/c19-14-2-1-7-21(9-14)15-4-3-12-10-22(25,11-13(12)8-15)16-5-6-17(23)20-18(16)24/h3-4,8,14,16H,1-2,5-7,9-11H2,(H,20,23,24). The number of anilines is 1. The first-order chi connectivity index (χ1) is 11.9. The zero-order valence-electron chi connectivity index (χ0n) is 14.0. The van der Waals surface area contributed by atoms with Gasteiger partial charge in [0, 0.05) is 46.7 Å².